The van der Waals surface area contributed by atoms with Crippen LogP contribution in [0.25, 0.3) is 0 Å². The molecule has 0 spiro atoms. The van der Waals surface area contributed by atoms with E-state index in [1.165, 1.54) is 11.1 Å². The van der Waals surface area contributed by atoms with Crippen molar-refractivity contribution < 1.29 is 9.84 Å². The highest BCUT2D eigenvalue weighted by Crippen LogP contribution is 2.22. The maximum absolute atomic E-state index is 10.1. The third-order valence-electron chi connectivity index (χ3n) is 3.53. The Morgan fingerprint density at radius 1 is 1.09 bits per heavy atom. The molecule has 0 saturated carbocycles. The Morgan fingerprint density at radius 3 is 2.14 bits per heavy atom. The molecule has 126 valence electrons. The molecule has 0 fully saturated rings. The molecule has 1 N–H and O–H groups in total. The maximum Gasteiger partial charge on any atom is 0.175 e. The molecule has 0 radical (unpaired) electrons. The van der Waals surface area contributed by atoms with E-state index in [1.54, 1.807) is 12.2 Å². The third-order valence-corrected chi connectivity index (χ3v) is 3.53. The number of hydrogen-bond donors (Lipinski definition) is 1. The first-order chi connectivity index (χ1) is 10.2. The predicted molar refractivity (Wildman–Crippen MR) is 96.8 cm³/mol. The zero-order valence-corrected chi connectivity index (χ0v) is 15.3. The van der Waals surface area contributed by atoms with Crippen molar-refractivity contribution in [2.75, 3.05) is 0 Å². The van der Waals surface area contributed by atoms with Gasteiger partial charge in [0.2, 0.25) is 0 Å². The molecule has 0 rings (SSSR count). The molecule has 0 bridgehead atoms. The average molecular weight is 306 g/mol. The quantitative estimate of drug-likeness (QED) is 0.414. The summed E-state index contributed by atoms with van der Waals surface area (Å²) >= 11 is 0. The number of ether oxygens (including phenoxy) is 1. The Balaban J connectivity index is 4.50. The highest BCUT2D eigenvalue weighted by molar-refractivity contribution is 5.05. The molecule has 22 heavy (non-hydrogen) atoms. The van der Waals surface area contributed by atoms with E-state index in [9.17, 15) is 5.11 Å². The lowest BCUT2D eigenvalue weighted by Crippen LogP contribution is -2.30. The summed E-state index contributed by atoms with van der Waals surface area (Å²) in [5.74, 6) is 0. The number of aliphatic hydroxyl groups is 1. The lowest BCUT2D eigenvalue weighted by atomic mass is 9.99. The summed E-state index contributed by atoms with van der Waals surface area (Å²) in [7, 11) is 0. The number of aliphatic hydroxyl groups excluding tert-OH is 1. The highest BCUT2D eigenvalue weighted by Gasteiger charge is 2.23. The molecule has 0 amide bonds. The molecule has 0 aliphatic rings. The van der Waals surface area contributed by atoms with E-state index in [2.05, 4.69) is 46.4 Å². The second-order valence-electron chi connectivity index (χ2n) is 6.68. The third kappa shape index (κ3) is 10.6. The molecule has 0 aliphatic heterocycles. The molecule has 2 heteroatoms. The average Bonchev–Trinajstić information content (AvgIpc) is 2.37. The van der Waals surface area contributed by atoms with Crippen molar-refractivity contribution in [3.05, 3.63) is 47.6 Å². The van der Waals surface area contributed by atoms with Gasteiger partial charge in [-0.25, -0.2) is 0 Å². The fraction of sp³-hybridized carbons (Fsp3) is 0.600. The molecule has 0 heterocycles. The minimum Gasteiger partial charge on any atom is -0.365 e. The molecule has 0 aliphatic carbocycles. The van der Waals surface area contributed by atoms with Crippen LogP contribution < -0.4 is 0 Å². The second-order valence-corrected chi connectivity index (χ2v) is 6.68. The minimum absolute atomic E-state index is 0.512. The number of hydrogen-bond acceptors (Lipinski definition) is 2. The van der Waals surface area contributed by atoms with Crippen LogP contribution in [0.15, 0.2) is 47.6 Å². The van der Waals surface area contributed by atoms with Crippen molar-refractivity contribution in [3.8, 4) is 0 Å². The van der Waals surface area contributed by atoms with Crippen molar-refractivity contribution in [2.24, 2.45) is 0 Å². The summed E-state index contributed by atoms with van der Waals surface area (Å²) in [6.07, 6.45) is 10.7. The summed E-state index contributed by atoms with van der Waals surface area (Å²) in [4.78, 5) is 0. The second kappa shape index (κ2) is 10.6. The van der Waals surface area contributed by atoms with Crippen molar-refractivity contribution in [3.63, 3.8) is 0 Å². The standard InChI is InChI=1S/C20H34O2/c1-8-20(7,14-10-12-17(4)5)22-19(21)15-18(6)13-9-11-16(2)3/h8,11-12,15,19,21H,1,9-10,13-14H2,2-7H3/b18-15-/t19?,20-/m0/s1. The lowest BCUT2D eigenvalue weighted by Gasteiger charge is -2.28. The van der Waals surface area contributed by atoms with Crippen LogP contribution >= 0.6 is 0 Å². The smallest absolute Gasteiger partial charge is 0.175 e. The molecular formula is C20H34O2. The molecule has 0 saturated heterocycles. The van der Waals surface area contributed by atoms with Gasteiger partial charge in [0.05, 0.1) is 5.60 Å². The Hall–Kier alpha value is -1.12. The van der Waals surface area contributed by atoms with Crippen LogP contribution in [0.2, 0.25) is 0 Å². The van der Waals surface area contributed by atoms with Crippen LogP contribution in [0.1, 0.15) is 67.2 Å². The molecular weight excluding hydrogens is 272 g/mol. The first-order valence-electron chi connectivity index (χ1n) is 8.12. The van der Waals surface area contributed by atoms with E-state index in [4.69, 9.17) is 4.74 Å². The van der Waals surface area contributed by atoms with Gasteiger partial charge in [-0.1, -0.05) is 34.9 Å². The normalized spacial score (nSPS) is 15.7. The van der Waals surface area contributed by atoms with E-state index < -0.39 is 11.9 Å². The van der Waals surface area contributed by atoms with Crippen LogP contribution in [0, 0.1) is 0 Å². The van der Waals surface area contributed by atoms with E-state index in [-0.39, 0.29) is 0 Å². The van der Waals surface area contributed by atoms with Gasteiger partial charge in [-0.3, -0.25) is 0 Å². The van der Waals surface area contributed by atoms with Crippen LogP contribution in [0.4, 0.5) is 0 Å². The first kappa shape index (κ1) is 20.9. The van der Waals surface area contributed by atoms with E-state index >= 15 is 0 Å². The monoisotopic (exact) mass is 306 g/mol. The van der Waals surface area contributed by atoms with Crippen molar-refractivity contribution in [2.45, 2.75) is 79.1 Å². The summed E-state index contributed by atoms with van der Waals surface area (Å²) in [5.41, 5.74) is 3.24. The van der Waals surface area contributed by atoms with Crippen molar-refractivity contribution in [1.82, 2.24) is 0 Å². The summed E-state index contributed by atoms with van der Waals surface area (Å²) in [6, 6.07) is 0. The minimum atomic E-state index is -0.888. The van der Waals surface area contributed by atoms with Gasteiger partial charge in [0.15, 0.2) is 6.29 Å². The number of rotatable bonds is 10. The van der Waals surface area contributed by atoms with Gasteiger partial charge >= 0.3 is 0 Å². The number of allylic oxidation sites excluding steroid dienone is 5. The van der Waals surface area contributed by atoms with Crippen molar-refractivity contribution >= 4 is 0 Å². The van der Waals surface area contributed by atoms with Gasteiger partial charge in [-0.2, -0.15) is 0 Å². The SMILES string of the molecule is C=C[C@@](C)(CCC=C(C)C)OC(O)/C=C(/C)CCC=C(C)C. The van der Waals surface area contributed by atoms with Gasteiger partial charge in [-0.05, 0) is 73.3 Å². The maximum atomic E-state index is 10.1. The summed E-state index contributed by atoms with van der Waals surface area (Å²) in [5, 5.41) is 10.1. The summed E-state index contributed by atoms with van der Waals surface area (Å²) < 4.78 is 5.78. The first-order valence-corrected chi connectivity index (χ1v) is 8.12. The lowest BCUT2D eigenvalue weighted by molar-refractivity contribution is -0.135. The van der Waals surface area contributed by atoms with E-state index in [1.807, 2.05) is 13.8 Å². The molecule has 2 atom stereocenters. The molecule has 2 nitrogen and oxygen atoms in total. The fourth-order valence-electron chi connectivity index (χ4n) is 2.08. The highest BCUT2D eigenvalue weighted by atomic mass is 16.6. The van der Waals surface area contributed by atoms with Gasteiger partial charge in [0.1, 0.15) is 0 Å². The van der Waals surface area contributed by atoms with E-state index in [0.29, 0.717) is 0 Å². The van der Waals surface area contributed by atoms with Crippen LogP contribution in [-0.4, -0.2) is 17.0 Å². The van der Waals surface area contributed by atoms with Crippen LogP contribution in [0.3, 0.4) is 0 Å². The summed E-state index contributed by atoms with van der Waals surface area (Å²) in [6.45, 7) is 16.2. The van der Waals surface area contributed by atoms with Gasteiger partial charge in [-0.15, -0.1) is 6.58 Å². The molecule has 0 aromatic carbocycles. The topological polar surface area (TPSA) is 29.5 Å². The predicted octanol–water partition coefficient (Wildman–Crippen LogP) is 5.71. The molecule has 1 unspecified atom stereocenters. The fourth-order valence-corrected chi connectivity index (χ4v) is 2.08. The molecule has 0 aromatic rings. The van der Waals surface area contributed by atoms with Crippen molar-refractivity contribution in [1.29, 1.82) is 0 Å². The molecule has 0 aromatic heterocycles. The Morgan fingerprint density at radius 2 is 1.64 bits per heavy atom. The Kier molecular flexibility index (Phi) is 10.0. The largest absolute Gasteiger partial charge is 0.365 e. The zero-order valence-electron chi connectivity index (χ0n) is 15.3. The Labute approximate surface area is 137 Å². The van der Waals surface area contributed by atoms with Gasteiger partial charge < -0.3 is 9.84 Å². The van der Waals surface area contributed by atoms with Gasteiger partial charge in [0, 0.05) is 0 Å². The Bertz CT molecular complexity index is 421. The van der Waals surface area contributed by atoms with Crippen LogP contribution in [-0.2, 0) is 4.74 Å². The van der Waals surface area contributed by atoms with Gasteiger partial charge in [0.25, 0.3) is 0 Å². The zero-order chi connectivity index (χ0) is 17.2. The van der Waals surface area contributed by atoms with E-state index in [0.717, 1.165) is 31.3 Å². The van der Waals surface area contributed by atoms with Crippen LogP contribution in [0.5, 0.6) is 0 Å².